The summed E-state index contributed by atoms with van der Waals surface area (Å²) in [5.41, 5.74) is 9.23. The molecular weight excluding hydrogens is 280 g/mol. The number of aromatic nitrogens is 2. The van der Waals surface area contributed by atoms with E-state index in [1.54, 1.807) is 12.4 Å². The van der Waals surface area contributed by atoms with Gasteiger partial charge in [-0.05, 0) is 41.7 Å². The average molecular weight is 296 g/mol. The van der Waals surface area contributed by atoms with E-state index in [0.717, 1.165) is 16.1 Å². The number of benzene rings is 1. The van der Waals surface area contributed by atoms with Gasteiger partial charge in [0, 0.05) is 18.4 Å². The van der Waals surface area contributed by atoms with E-state index in [0.29, 0.717) is 5.82 Å². The van der Waals surface area contributed by atoms with E-state index in [-0.39, 0.29) is 6.04 Å². The Labute approximate surface area is 127 Å². The van der Waals surface area contributed by atoms with Gasteiger partial charge < -0.3 is 11.1 Å². The summed E-state index contributed by atoms with van der Waals surface area (Å²) in [6, 6.07) is 14.4. The molecule has 1 atom stereocenters. The molecule has 0 saturated carbocycles. The summed E-state index contributed by atoms with van der Waals surface area (Å²) in [4.78, 5) is 4.04. The summed E-state index contributed by atoms with van der Waals surface area (Å²) in [6.07, 6.45) is 3.52. The highest BCUT2D eigenvalue weighted by Crippen LogP contribution is 2.38. The highest BCUT2D eigenvalue weighted by Gasteiger charge is 2.15. The molecule has 0 aliphatic carbocycles. The van der Waals surface area contributed by atoms with Gasteiger partial charge in [0.15, 0.2) is 0 Å². The van der Waals surface area contributed by atoms with Crippen molar-refractivity contribution in [3.63, 3.8) is 0 Å². The largest absolute Gasteiger partial charge is 0.382 e. The lowest BCUT2D eigenvalue weighted by Gasteiger charge is -2.15. The lowest BCUT2D eigenvalue weighted by molar-refractivity contribution is 0.890. The van der Waals surface area contributed by atoms with E-state index < -0.39 is 0 Å². The van der Waals surface area contributed by atoms with Crippen LogP contribution in [0, 0.1) is 0 Å². The van der Waals surface area contributed by atoms with Gasteiger partial charge in [-0.25, -0.2) is 0 Å². The smallest absolute Gasteiger partial charge is 0.147 e. The highest BCUT2D eigenvalue weighted by molar-refractivity contribution is 7.11. The Bertz CT molecular complexity index is 710. The summed E-state index contributed by atoms with van der Waals surface area (Å²) in [7, 11) is 0. The molecule has 2 aromatic heterocycles. The van der Waals surface area contributed by atoms with Crippen LogP contribution in [0.5, 0.6) is 0 Å². The van der Waals surface area contributed by atoms with Gasteiger partial charge in [-0.15, -0.1) is 0 Å². The fourth-order valence-corrected chi connectivity index (χ4v) is 3.04. The maximum absolute atomic E-state index is 6.03. The van der Waals surface area contributed by atoms with Crippen molar-refractivity contribution in [2.24, 2.45) is 0 Å². The zero-order valence-corrected chi connectivity index (χ0v) is 12.5. The van der Waals surface area contributed by atoms with Crippen molar-refractivity contribution in [3.8, 4) is 11.1 Å². The predicted molar refractivity (Wildman–Crippen MR) is 88.2 cm³/mol. The van der Waals surface area contributed by atoms with Gasteiger partial charge in [-0.3, -0.25) is 4.98 Å². The van der Waals surface area contributed by atoms with Crippen molar-refractivity contribution >= 4 is 22.4 Å². The molecule has 106 valence electrons. The molecule has 3 rings (SSSR count). The maximum Gasteiger partial charge on any atom is 0.147 e. The quantitative estimate of drug-likeness (QED) is 0.765. The molecule has 5 heteroatoms. The van der Waals surface area contributed by atoms with Crippen LogP contribution in [0.2, 0.25) is 0 Å². The first-order chi connectivity index (χ1) is 10.3. The van der Waals surface area contributed by atoms with Crippen molar-refractivity contribution in [2.45, 2.75) is 13.0 Å². The lowest BCUT2D eigenvalue weighted by atomic mass is 10.1. The molecule has 0 bridgehead atoms. The van der Waals surface area contributed by atoms with Gasteiger partial charge in [0.2, 0.25) is 0 Å². The number of anilines is 2. The Morgan fingerprint density at radius 3 is 2.52 bits per heavy atom. The molecule has 3 aromatic rings. The predicted octanol–water partition coefficient (Wildman–Crippen LogP) is 3.96. The normalized spacial score (nSPS) is 12.0. The third-order valence-corrected chi connectivity index (χ3v) is 4.13. The number of nitrogens with zero attached hydrogens (tertiary/aromatic N) is 2. The number of pyridine rings is 1. The van der Waals surface area contributed by atoms with Gasteiger partial charge in [0.1, 0.15) is 10.8 Å². The third-order valence-electron chi connectivity index (χ3n) is 3.33. The maximum atomic E-state index is 6.03. The van der Waals surface area contributed by atoms with Crippen LogP contribution in [0.15, 0.2) is 54.9 Å². The van der Waals surface area contributed by atoms with E-state index in [2.05, 4.69) is 33.7 Å². The summed E-state index contributed by atoms with van der Waals surface area (Å²) in [5.74, 6) is 0.550. The first-order valence-electron chi connectivity index (χ1n) is 6.72. The van der Waals surface area contributed by atoms with Crippen LogP contribution in [0.25, 0.3) is 11.1 Å². The zero-order valence-electron chi connectivity index (χ0n) is 11.7. The van der Waals surface area contributed by atoms with Crippen LogP contribution < -0.4 is 11.1 Å². The van der Waals surface area contributed by atoms with Crippen molar-refractivity contribution in [3.05, 3.63) is 60.4 Å². The molecule has 4 nitrogen and oxygen atoms in total. The third kappa shape index (κ3) is 2.87. The number of rotatable bonds is 4. The van der Waals surface area contributed by atoms with Gasteiger partial charge in [-0.2, -0.15) is 4.37 Å². The molecule has 0 radical (unpaired) electrons. The monoisotopic (exact) mass is 296 g/mol. The van der Waals surface area contributed by atoms with Gasteiger partial charge in [-0.1, -0.05) is 30.3 Å². The molecule has 0 amide bonds. The first-order valence-corrected chi connectivity index (χ1v) is 7.50. The van der Waals surface area contributed by atoms with Crippen LogP contribution in [0.4, 0.5) is 10.8 Å². The Morgan fingerprint density at radius 1 is 1.10 bits per heavy atom. The molecule has 3 N–H and O–H groups in total. The molecule has 0 fully saturated rings. The van der Waals surface area contributed by atoms with E-state index in [1.165, 1.54) is 17.1 Å². The molecule has 0 aliphatic rings. The number of nitrogens with two attached hydrogens (primary N) is 1. The molecule has 1 aromatic carbocycles. The van der Waals surface area contributed by atoms with Crippen molar-refractivity contribution in [1.82, 2.24) is 9.36 Å². The Hall–Kier alpha value is -2.40. The molecule has 0 spiro atoms. The van der Waals surface area contributed by atoms with E-state index in [9.17, 15) is 0 Å². The van der Waals surface area contributed by atoms with Crippen LogP contribution in [-0.2, 0) is 0 Å². The topological polar surface area (TPSA) is 63.8 Å². The molecular formula is C16H16N4S. The van der Waals surface area contributed by atoms with Crippen LogP contribution in [-0.4, -0.2) is 9.36 Å². The lowest BCUT2D eigenvalue weighted by Crippen LogP contribution is -2.06. The molecule has 2 heterocycles. The van der Waals surface area contributed by atoms with Crippen molar-refractivity contribution in [2.75, 3.05) is 11.1 Å². The highest BCUT2D eigenvalue weighted by atomic mass is 32.1. The number of nitrogen functional groups attached to an aromatic ring is 1. The second-order valence-corrected chi connectivity index (χ2v) is 5.56. The molecule has 0 saturated heterocycles. The van der Waals surface area contributed by atoms with E-state index in [1.807, 2.05) is 30.3 Å². The van der Waals surface area contributed by atoms with Crippen molar-refractivity contribution < 1.29 is 0 Å². The summed E-state index contributed by atoms with van der Waals surface area (Å²) >= 11 is 1.39. The van der Waals surface area contributed by atoms with Gasteiger partial charge in [0.25, 0.3) is 0 Å². The van der Waals surface area contributed by atoms with Crippen LogP contribution in [0.1, 0.15) is 18.5 Å². The summed E-state index contributed by atoms with van der Waals surface area (Å²) in [6.45, 7) is 2.13. The van der Waals surface area contributed by atoms with E-state index >= 15 is 0 Å². The Kier molecular flexibility index (Phi) is 3.83. The fourth-order valence-electron chi connectivity index (χ4n) is 2.22. The number of hydrogen-bond acceptors (Lipinski definition) is 5. The zero-order chi connectivity index (χ0) is 14.7. The van der Waals surface area contributed by atoms with Crippen LogP contribution in [0.3, 0.4) is 0 Å². The number of nitrogens with one attached hydrogen (secondary N) is 1. The van der Waals surface area contributed by atoms with Gasteiger partial charge >= 0.3 is 0 Å². The Balaban J connectivity index is 1.91. The minimum absolute atomic E-state index is 0.187. The minimum atomic E-state index is 0.187. The summed E-state index contributed by atoms with van der Waals surface area (Å²) in [5, 5.41) is 4.48. The second kappa shape index (κ2) is 5.93. The standard InChI is InChI=1S/C16H16N4S/c1-11(12-5-3-2-4-6-12)19-16-14(15(17)20-21-16)13-7-9-18-10-8-13/h2-11,19H,1H3,(H2,17,20). The number of hydrogen-bond donors (Lipinski definition) is 2. The summed E-state index contributed by atoms with van der Waals surface area (Å²) < 4.78 is 4.28. The minimum Gasteiger partial charge on any atom is -0.382 e. The molecule has 21 heavy (non-hydrogen) atoms. The fraction of sp³-hybridized carbons (Fsp3) is 0.125. The average Bonchev–Trinajstić information content (AvgIpc) is 2.89. The van der Waals surface area contributed by atoms with Crippen LogP contribution >= 0.6 is 11.5 Å². The SMILES string of the molecule is CC(Nc1snc(N)c1-c1ccncc1)c1ccccc1. The molecule has 0 aliphatic heterocycles. The molecule has 1 unspecified atom stereocenters. The Morgan fingerprint density at radius 2 is 1.81 bits per heavy atom. The second-order valence-electron chi connectivity index (χ2n) is 4.78. The van der Waals surface area contributed by atoms with Crippen molar-refractivity contribution in [1.29, 1.82) is 0 Å². The van der Waals surface area contributed by atoms with Gasteiger partial charge in [0.05, 0.1) is 5.56 Å². The van der Waals surface area contributed by atoms with E-state index in [4.69, 9.17) is 5.73 Å². The first kappa shape index (κ1) is 13.6.